The molecule has 2 rings (SSSR count). The summed E-state index contributed by atoms with van der Waals surface area (Å²) in [7, 11) is -3.59. The minimum Gasteiger partial charge on any atom is -0.508 e. The van der Waals surface area contributed by atoms with Gasteiger partial charge in [-0.2, -0.15) is 4.72 Å². The summed E-state index contributed by atoms with van der Waals surface area (Å²) >= 11 is 0. The van der Waals surface area contributed by atoms with Gasteiger partial charge in [0.25, 0.3) is 0 Å². The topological polar surface area (TPSA) is 69.6 Å². The Kier molecular flexibility index (Phi) is 2.73. The Balaban J connectivity index is 2.53. The van der Waals surface area contributed by atoms with E-state index in [1.54, 1.807) is 4.90 Å². The standard InChI is InChI=1S/C9H11FN2O3S/c10-3-4-12-6-11-16(14,15)9-5-7(13)1-2-8(9)12/h1-2,5,11,13H,3-4,6H2. The predicted octanol–water partition coefficient (Wildman–Crippen LogP) is 0.418. The smallest absolute Gasteiger partial charge is 0.244 e. The third kappa shape index (κ3) is 1.83. The first-order chi connectivity index (χ1) is 7.54. The van der Waals surface area contributed by atoms with Crippen LogP contribution in [0.3, 0.4) is 0 Å². The van der Waals surface area contributed by atoms with Gasteiger partial charge < -0.3 is 10.0 Å². The number of benzene rings is 1. The summed E-state index contributed by atoms with van der Waals surface area (Å²) < 4.78 is 37.8. The van der Waals surface area contributed by atoms with Gasteiger partial charge in [-0.3, -0.25) is 0 Å². The van der Waals surface area contributed by atoms with E-state index in [0.717, 1.165) is 6.07 Å². The number of hydrogen-bond donors (Lipinski definition) is 2. The minimum absolute atomic E-state index is 0.0211. The summed E-state index contributed by atoms with van der Waals surface area (Å²) in [5, 5.41) is 9.25. The molecule has 16 heavy (non-hydrogen) atoms. The molecule has 0 fully saturated rings. The Morgan fingerprint density at radius 1 is 1.50 bits per heavy atom. The second-order valence-corrected chi connectivity index (χ2v) is 5.15. The van der Waals surface area contributed by atoms with Crippen LogP contribution in [0.25, 0.3) is 0 Å². The fourth-order valence-electron chi connectivity index (χ4n) is 1.61. The summed E-state index contributed by atoms with van der Waals surface area (Å²) in [5.41, 5.74) is 0.411. The molecule has 0 aromatic heterocycles. The SMILES string of the molecule is O=S1(=O)NCN(CCF)c2ccc(O)cc21. The number of nitrogens with zero attached hydrogens (tertiary/aromatic N) is 1. The molecule has 1 aromatic rings. The van der Waals surface area contributed by atoms with Gasteiger partial charge in [-0.25, -0.2) is 12.8 Å². The number of sulfonamides is 1. The van der Waals surface area contributed by atoms with Crippen LogP contribution >= 0.6 is 0 Å². The molecule has 1 aliphatic rings. The number of fused-ring (bicyclic) bond motifs is 1. The van der Waals surface area contributed by atoms with E-state index in [2.05, 4.69) is 4.72 Å². The third-order valence-corrected chi connectivity index (χ3v) is 3.79. The lowest BCUT2D eigenvalue weighted by molar-refractivity contribution is 0.470. The first-order valence-corrected chi connectivity index (χ1v) is 6.16. The second kappa shape index (κ2) is 3.91. The van der Waals surface area contributed by atoms with Crippen LogP contribution in [-0.2, 0) is 10.0 Å². The molecule has 0 bridgehead atoms. The van der Waals surface area contributed by atoms with Crippen LogP contribution in [0, 0.1) is 0 Å². The number of rotatable bonds is 2. The molecular formula is C9H11FN2O3S. The van der Waals surface area contributed by atoms with Crippen molar-refractivity contribution in [1.82, 2.24) is 4.72 Å². The normalized spacial score (nSPS) is 18.2. The molecule has 0 atom stereocenters. The van der Waals surface area contributed by atoms with E-state index < -0.39 is 16.7 Å². The average molecular weight is 246 g/mol. The van der Waals surface area contributed by atoms with E-state index >= 15 is 0 Å². The van der Waals surface area contributed by atoms with E-state index in [4.69, 9.17) is 0 Å². The fraction of sp³-hybridized carbons (Fsp3) is 0.333. The summed E-state index contributed by atoms with van der Waals surface area (Å²) in [5.74, 6) is -0.133. The van der Waals surface area contributed by atoms with Crippen LogP contribution in [0.5, 0.6) is 5.75 Å². The first kappa shape index (κ1) is 11.2. The van der Waals surface area contributed by atoms with Crippen molar-refractivity contribution in [2.45, 2.75) is 4.90 Å². The van der Waals surface area contributed by atoms with Crippen LogP contribution in [0.1, 0.15) is 0 Å². The van der Waals surface area contributed by atoms with E-state index in [1.807, 2.05) is 0 Å². The number of phenols is 1. The van der Waals surface area contributed by atoms with Gasteiger partial charge in [-0.1, -0.05) is 0 Å². The van der Waals surface area contributed by atoms with E-state index in [-0.39, 0.29) is 23.9 Å². The molecule has 0 saturated carbocycles. The van der Waals surface area contributed by atoms with Gasteiger partial charge >= 0.3 is 0 Å². The summed E-state index contributed by atoms with van der Waals surface area (Å²) in [6.07, 6.45) is 0. The lowest BCUT2D eigenvalue weighted by Crippen LogP contribution is -2.43. The van der Waals surface area contributed by atoms with Crippen molar-refractivity contribution in [2.75, 3.05) is 24.8 Å². The van der Waals surface area contributed by atoms with Crippen LogP contribution in [0.2, 0.25) is 0 Å². The van der Waals surface area contributed by atoms with Crippen molar-refractivity contribution >= 4 is 15.7 Å². The minimum atomic E-state index is -3.59. The molecule has 1 aliphatic heterocycles. The molecular weight excluding hydrogens is 235 g/mol. The number of alkyl halides is 1. The zero-order chi connectivity index (χ0) is 11.8. The van der Waals surface area contributed by atoms with Gasteiger partial charge in [0.15, 0.2) is 0 Å². The monoisotopic (exact) mass is 246 g/mol. The Morgan fingerprint density at radius 2 is 2.25 bits per heavy atom. The fourth-order valence-corrected chi connectivity index (χ4v) is 2.84. The van der Waals surface area contributed by atoms with Crippen molar-refractivity contribution < 1.29 is 17.9 Å². The molecule has 7 heteroatoms. The third-order valence-electron chi connectivity index (χ3n) is 2.37. The molecule has 0 amide bonds. The molecule has 88 valence electrons. The van der Waals surface area contributed by atoms with Crippen molar-refractivity contribution in [2.24, 2.45) is 0 Å². The second-order valence-electron chi connectivity index (χ2n) is 3.41. The quantitative estimate of drug-likeness (QED) is 0.793. The van der Waals surface area contributed by atoms with Gasteiger partial charge in [-0.05, 0) is 12.1 Å². The molecule has 1 heterocycles. The van der Waals surface area contributed by atoms with Crippen LogP contribution in [-0.4, -0.2) is 33.4 Å². The van der Waals surface area contributed by atoms with E-state index in [0.29, 0.717) is 5.69 Å². The maximum atomic E-state index is 12.3. The van der Waals surface area contributed by atoms with Gasteiger partial charge in [0.1, 0.15) is 17.3 Å². The lowest BCUT2D eigenvalue weighted by atomic mass is 10.2. The number of phenolic OH excluding ortho intramolecular Hbond substituents is 1. The number of aromatic hydroxyl groups is 1. The highest BCUT2D eigenvalue weighted by molar-refractivity contribution is 7.89. The van der Waals surface area contributed by atoms with Crippen LogP contribution < -0.4 is 9.62 Å². The number of anilines is 1. The van der Waals surface area contributed by atoms with Crippen molar-refractivity contribution in [3.8, 4) is 5.75 Å². The number of halogens is 1. The van der Waals surface area contributed by atoms with Crippen molar-refractivity contribution in [3.63, 3.8) is 0 Å². The van der Waals surface area contributed by atoms with Crippen LogP contribution in [0.4, 0.5) is 10.1 Å². The molecule has 0 spiro atoms. The maximum Gasteiger partial charge on any atom is 0.244 e. The first-order valence-electron chi connectivity index (χ1n) is 4.68. The Labute approximate surface area is 92.6 Å². The molecule has 0 radical (unpaired) electrons. The highest BCUT2D eigenvalue weighted by atomic mass is 32.2. The molecule has 0 unspecified atom stereocenters. The Hall–Kier alpha value is -1.34. The highest BCUT2D eigenvalue weighted by Crippen LogP contribution is 2.31. The van der Waals surface area contributed by atoms with E-state index in [1.165, 1.54) is 12.1 Å². The molecule has 2 N–H and O–H groups in total. The average Bonchev–Trinajstić information content (AvgIpc) is 2.23. The molecule has 0 aliphatic carbocycles. The van der Waals surface area contributed by atoms with Gasteiger partial charge in [-0.15, -0.1) is 0 Å². The van der Waals surface area contributed by atoms with Crippen molar-refractivity contribution in [3.05, 3.63) is 18.2 Å². The predicted molar refractivity (Wildman–Crippen MR) is 56.6 cm³/mol. The van der Waals surface area contributed by atoms with Gasteiger partial charge in [0.2, 0.25) is 10.0 Å². The lowest BCUT2D eigenvalue weighted by Gasteiger charge is -2.30. The van der Waals surface area contributed by atoms with Gasteiger partial charge in [0.05, 0.1) is 12.4 Å². The number of nitrogens with one attached hydrogen (secondary N) is 1. The zero-order valence-corrected chi connectivity index (χ0v) is 9.17. The van der Waals surface area contributed by atoms with Crippen LogP contribution in [0.15, 0.2) is 23.1 Å². The largest absolute Gasteiger partial charge is 0.508 e. The number of hydrogen-bond acceptors (Lipinski definition) is 4. The summed E-state index contributed by atoms with van der Waals surface area (Å²) in [6.45, 7) is -0.410. The Morgan fingerprint density at radius 3 is 2.94 bits per heavy atom. The van der Waals surface area contributed by atoms with E-state index in [9.17, 15) is 17.9 Å². The van der Waals surface area contributed by atoms with Gasteiger partial charge in [0, 0.05) is 12.6 Å². The highest BCUT2D eigenvalue weighted by Gasteiger charge is 2.27. The summed E-state index contributed by atoms with van der Waals surface area (Å²) in [6, 6.07) is 4.01. The Bertz CT molecular complexity index is 503. The molecule has 5 nitrogen and oxygen atoms in total. The summed E-state index contributed by atoms with van der Waals surface area (Å²) in [4.78, 5) is 1.54. The zero-order valence-electron chi connectivity index (χ0n) is 8.35. The maximum absolute atomic E-state index is 12.3. The molecule has 0 saturated heterocycles. The molecule has 1 aromatic carbocycles. The van der Waals surface area contributed by atoms with Crippen molar-refractivity contribution in [1.29, 1.82) is 0 Å².